The van der Waals surface area contributed by atoms with E-state index in [9.17, 15) is 4.79 Å². The Morgan fingerprint density at radius 2 is 1.90 bits per heavy atom. The van der Waals surface area contributed by atoms with E-state index in [1.807, 2.05) is 32.2 Å². The summed E-state index contributed by atoms with van der Waals surface area (Å²) in [5.74, 6) is 0.689. The van der Waals surface area contributed by atoms with Gasteiger partial charge in [-0.3, -0.25) is 10.2 Å². The number of hydrazone groups is 1. The second-order valence-electron chi connectivity index (χ2n) is 6.73. The van der Waals surface area contributed by atoms with Crippen molar-refractivity contribution in [3.8, 4) is 11.4 Å². The van der Waals surface area contributed by atoms with Gasteiger partial charge in [-0.2, -0.15) is 14.9 Å². The second-order valence-corrected chi connectivity index (χ2v) is 7.11. The third-order valence-electron chi connectivity index (χ3n) is 5.06. The highest BCUT2D eigenvalue weighted by molar-refractivity contribution is 6.33. The van der Waals surface area contributed by atoms with Gasteiger partial charge in [0.25, 0.3) is 5.56 Å². The molecule has 2 aromatic carbocycles. The van der Waals surface area contributed by atoms with Gasteiger partial charge in [0.05, 0.1) is 25.2 Å². The standard InChI is InChI=1S/C22H20ClN5O2/c1-14-18(17-6-4-5-7-20(17)27(14)2)12-24-26-19-13-25-28(22(29)21(19)23)15-8-10-16(30-3)11-9-15/h4-13,26H,1-3H3/b24-12-. The number of aryl methyl sites for hydroxylation is 1. The Hall–Kier alpha value is -3.58. The van der Waals surface area contributed by atoms with E-state index in [-0.39, 0.29) is 5.02 Å². The van der Waals surface area contributed by atoms with Gasteiger partial charge in [0.1, 0.15) is 16.5 Å². The van der Waals surface area contributed by atoms with Gasteiger partial charge in [-0.1, -0.05) is 29.8 Å². The van der Waals surface area contributed by atoms with Crippen molar-refractivity contribution in [1.82, 2.24) is 14.3 Å². The molecule has 2 aromatic heterocycles. The number of hydrogen-bond donors (Lipinski definition) is 1. The monoisotopic (exact) mass is 421 g/mol. The van der Waals surface area contributed by atoms with Crippen molar-refractivity contribution >= 4 is 34.4 Å². The van der Waals surface area contributed by atoms with Gasteiger partial charge < -0.3 is 9.30 Å². The number of nitrogens with one attached hydrogen (secondary N) is 1. The summed E-state index contributed by atoms with van der Waals surface area (Å²) in [5, 5.41) is 9.59. The molecule has 0 radical (unpaired) electrons. The van der Waals surface area contributed by atoms with E-state index >= 15 is 0 Å². The lowest BCUT2D eigenvalue weighted by Gasteiger charge is -2.08. The smallest absolute Gasteiger partial charge is 0.292 e. The molecule has 8 heteroatoms. The van der Waals surface area contributed by atoms with Crippen LogP contribution in [0, 0.1) is 6.92 Å². The van der Waals surface area contributed by atoms with Crippen molar-refractivity contribution in [3.63, 3.8) is 0 Å². The Bertz CT molecular complexity index is 1310. The number of hydrogen-bond acceptors (Lipinski definition) is 5. The van der Waals surface area contributed by atoms with Crippen LogP contribution in [0.2, 0.25) is 5.02 Å². The molecule has 0 unspecified atom stereocenters. The molecule has 7 nitrogen and oxygen atoms in total. The first-order valence-electron chi connectivity index (χ1n) is 9.26. The quantitative estimate of drug-likeness (QED) is 0.388. The lowest BCUT2D eigenvalue weighted by atomic mass is 10.1. The molecule has 2 heterocycles. The average Bonchev–Trinajstić information content (AvgIpc) is 3.02. The third kappa shape index (κ3) is 3.44. The van der Waals surface area contributed by atoms with Gasteiger partial charge in [-0.25, -0.2) is 0 Å². The summed E-state index contributed by atoms with van der Waals surface area (Å²) in [4.78, 5) is 12.7. The Kier molecular flexibility index (Phi) is 5.29. The van der Waals surface area contributed by atoms with Crippen molar-refractivity contribution < 1.29 is 4.74 Å². The number of aromatic nitrogens is 3. The van der Waals surface area contributed by atoms with Gasteiger partial charge in [0.15, 0.2) is 0 Å². The summed E-state index contributed by atoms with van der Waals surface area (Å²) in [6.07, 6.45) is 3.20. The maximum Gasteiger partial charge on any atom is 0.292 e. The van der Waals surface area contributed by atoms with Crippen molar-refractivity contribution in [1.29, 1.82) is 0 Å². The van der Waals surface area contributed by atoms with Crippen LogP contribution in [-0.4, -0.2) is 27.7 Å². The fraction of sp³-hybridized carbons (Fsp3) is 0.136. The number of halogens is 1. The van der Waals surface area contributed by atoms with E-state index in [0.717, 1.165) is 22.2 Å². The van der Waals surface area contributed by atoms with Crippen LogP contribution in [0.4, 0.5) is 5.69 Å². The molecule has 152 valence electrons. The van der Waals surface area contributed by atoms with E-state index in [2.05, 4.69) is 26.3 Å². The topological polar surface area (TPSA) is 73.4 Å². The molecular formula is C22H20ClN5O2. The average molecular weight is 422 g/mol. The van der Waals surface area contributed by atoms with Crippen LogP contribution in [0.25, 0.3) is 16.6 Å². The van der Waals surface area contributed by atoms with Gasteiger partial charge in [0, 0.05) is 29.2 Å². The number of methoxy groups -OCH3 is 1. The third-order valence-corrected chi connectivity index (χ3v) is 5.43. The first kappa shape index (κ1) is 19.7. The van der Waals surface area contributed by atoms with Crippen molar-refractivity contribution in [3.05, 3.63) is 81.4 Å². The molecule has 1 N–H and O–H groups in total. The summed E-state index contributed by atoms with van der Waals surface area (Å²) in [5.41, 5.74) is 6.52. The molecule has 0 fully saturated rings. The second kappa shape index (κ2) is 8.04. The minimum Gasteiger partial charge on any atom is -0.497 e. The molecule has 0 bridgehead atoms. The number of ether oxygens (including phenoxy) is 1. The Morgan fingerprint density at radius 1 is 1.17 bits per heavy atom. The molecule has 0 saturated heterocycles. The van der Waals surface area contributed by atoms with E-state index in [0.29, 0.717) is 17.1 Å². The van der Waals surface area contributed by atoms with Crippen LogP contribution in [0.15, 0.2) is 64.6 Å². The van der Waals surface area contributed by atoms with Crippen molar-refractivity contribution in [2.45, 2.75) is 6.92 Å². The molecule has 0 amide bonds. The number of nitrogens with zero attached hydrogens (tertiary/aromatic N) is 4. The zero-order valence-electron chi connectivity index (χ0n) is 16.8. The van der Waals surface area contributed by atoms with Crippen LogP contribution in [0.3, 0.4) is 0 Å². The van der Waals surface area contributed by atoms with Crippen LogP contribution in [0.5, 0.6) is 5.75 Å². The number of fused-ring (bicyclic) bond motifs is 1. The summed E-state index contributed by atoms with van der Waals surface area (Å²) in [6, 6.07) is 15.1. The van der Waals surface area contributed by atoms with Crippen LogP contribution in [0.1, 0.15) is 11.3 Å². The lowest BCUT2D eigenvalue weighted by molar-refractivity contribution is 0.414. The van der Waals surface area contributed by atoms with Gasteiger partial charge in [-0.15, -0.1) is 0 Å². The van der Waals surface area contributed by atoms with E-state index < -0.39 is 5.56 Å². The Labute approximate surface area is 178 Å². The van der Waals surface area contributed by atoms with Crippen LogP contribution >= 0.6 is 11.6 Å². The lowest BCUT2D eigenvalue weighted by Crippen LogP contribution is -2.22. The summed E-state index contributed by atoms with van der Waals surface area (Å²) >= 11 is 6.28. The van der Waals surface area contributed by atoms with Crippen LogP contribution in [-0.2, 0) is 7.05 Å². The highest BCUT2D eigenvalue weighted by atomic mass is 35.5. The molecule has 0 atom stereocenters. The minimum absolute atomic E-state index is 0.00705. The van der Waals surface area contributed by atoms with Crippen molar-refractivity contribution in [2.75, 3.05) is 12.5 Å². The Morgan fingerprint density at radius 3 is 2.63 bits per heavy atom. The SMILES string of the molecule is COc1ccc(-n2ncc(N/N=C\c3c(C)n(C)c4ccccc34)c(Cl)c2=O)cc1. The number of rotatable bonds is 5. The molecule has 0 aliphatic carbocycles. The van der Waals surface area contributed by atoms with Gasteiger partial charge in [-0.05, 0) is 37.3 Å². The molecule has 0 aliphatic heterocycles. The zero-order valence-corrected chi connectivity index (χ0v) is 17.5. The Balaban J connectivity index is 1.61. The number of para-hydroxylation sites is 1. The highest BCUT2D eigenvalue weighted by Crippen LogP contribution is 2.23. The fourth-order valence-corrected chi connectivity index (χ4v) is 3.47. The molecule has 30 heavy (non-hydrogen) atoms. The van der Waals surface area contributed by atoms with Crippen molar-refractivity contribution in [2.24, 2.45) is 12.1 Å². The number of anilines is 1. The molecule has 0 saturated carbocycles. The van der Waals surface area contributed by atoms with Gasteiger partial charge >= 0.3 is 0 Å². The molecule has 4 aromatic rings. The molecule has 0 spiro atoms. The highest BCUT2D eigenvalue weighted by Gasteiger charge is 2.12. The molecular weight excluding hydrogens is 402 g/mol. The molecule has 0 aliphatic rings. The summed E-state index contributed by atoms with van der Waals surface area (Å²) < 4.78 is 8.47. The first-order chi connectivity index (χ1) is 14.5. The summed E-state index contributed by atoms with van der Waals surface area (Å²) in [7, 11) is 3.60. The predicted octanol–water partition coefficient (Wildman–Crippen LogP) is 4.14. The van der Waals surface area contributed by atoms with Gasteiger partial charge in [0.2, 0.25) is 0 Å². The maximum atomic E-state index is 12.7. The first-order valence-corrected chi connectivity index (χ1v) is 9.64. The summed E-state index contributed by atoms with van der Waals surface area (Å²) in [6.45, 7) is 2.03. The fourth-order valence-electron chi connectivity index (χ4n) is 3.30. The zero-order chi connectivity index (χ0) is 21.3. The predicted molar refractivity (Wildman–Crippen MR) is 120 cm³/mol. The minimum atomic E-state index is -0.441. The largest absolute Gasteiger partial charge is 0.497 e. The van der Waals surface area contributed by atoms with E-state index in [1.54, 1.807) is 37.6 Å². The maximum absolute atomic E-state index is 12.7. The normalized spacial score (nSPS) is 11.3. The van der Waals surface area contributed by atoms with E-state index in [1.165, 1.54) is 10.9 Å². The van der Waals surface area contributed by atoms with Crippen LogP contribution < -0.4 is 15.7 Å². The number of benzene rings is 2. The van der Waals surface area contributed by atoms with E-state index in [4.69, 9.17) is 16.3 Å². The molecule has 4 rings (SSSR count).